The van der Waals surface area contributed by atoms with Gasteiger partial charge in [0, 0.05) is 5.41 Å². The molecule has 2 unspecified atom stereocenters. The van der Waals surface area contributed by atoms with Crippen molar-refractivity contribution in [1.29, 1.82) is 0 Å². The Labute approximate surface area is 119 Å². The Hall–Kier alpha value is -0.780. The third kappa shape index (κ3) is 2.73. The molecule has 0 bridgehead atoms. The fraction of sp³-hybridized carbons (Fsp3) is 0.684. The standard InChI is InChI=1S/C19H30/c1-5-9-17-16(6-2)10-13-18(17,4)14-15-19(7-3)11-8-12-19/h7,10,14-15,17H,3,5-6,8-9,11-13H2,1-2,4H3/b15-14-. The average molecular weight is 258 g/mol. The van der Waals surface area contributed by atoms with E-state index in [1.807, 2.05) is 0 Å². The molecule has 0 aromatic heterocycles. The van der Waals surface area contributed by atoms with Gasteiger partial charge in [-0.25, -0.2) is 0 Å². The van der Waals surface area contributed by atoms with Crippen LogP contribution in [0.15, 0.2) is 36.5 Å². The minimum Gasteiger partial charge on any atom is -0.102 e. The summed E-state index contributed by atoms with van der Waals surface area (Å²) in [6.45, 7) is 11.1. The Kier molecular flexibility index (Phi) is 4.38. The molecular formula is C19H30. The first-order valence-corrected chi connectivity index (χ1v) is 8.12. The summed E-state index contributed by atoms with van der Waals surface area (Å²) in [5.41, 5.74) is 2.37. The van der Waals surface area contributed by atoms with Gasteiger partial charge >= 0.3 is 0 Å². The molecule has 0 heteroatoms. The highest BCUT2D eigenvalue weighted by Gasteiger charge is 2.38. The molecule has 2 aliphatic rings. The van der Waals surface area contributed by atoms with E-state index in [0.717, 1.165) is 5.92 Å². The van der Waals surface area contributed by atoms with E-state index in [9.17, 15) is 0 Å². The summed E-state index contributed by atoms with van der Waals surface area (Å²) in [5, 5.41) is 0. The molecule has 0 spiro atoms. The van der Waals surface area contributed by atoms with Crippen molar-refractivity contribution in [3.63, 3.8) is 0 Å². The lowest BCUT2D eigenvalue weighted by atomic mass is 9.66. The third-order valence-electron chi connectivity index (χ3n) is 5.52. The van der Waals surface area contributed by atoms with Gasteiger partial charge in [-0.15, -0.1) is 6.58 Å². The van der Waals surface area contributed by atoms with E-state index in [-0.39, 0.29) is 0 Å². The molecule has 2 atom stereocenters. The molecule has 1 fully saturated rings. The normalized spacial score (nSPS) is 33.2. The molecule has 0 aliphatic heterocycles. The van der Waals surface area contributed by atoms with Crippen molar-refractivity contribution in [1.82, 2.24) is 0 Å². The molecular weight excluding hydrogens is 228 g/mol. The molecule has 0 radical (unpaired) electrons. The van der Waals surface area contributed by atoms with E-state index in [4.69, 9.17) is 0 Å². The van der Waals surface area contributed by atoms with Crippen LogP contribution >= 0.6 is 0 Å². The van der Waals surface area contributed by atoms with Crippen LogP contribution in [0.4, 0.5) is 0 Å². The van der Waals surface area contributed by atoms with Gasteiger partial charge in [0.2, 0.25) is 0 Å². The lowest BCUT2D eigenvalue weighted by molar-refractivity contribution is 0.262. The Bertz CT molecular complexity index is 381. The predicted molar refractivity (Wildman–Crippen MR) is 85.1 cm³/mol. The summed E-state index contributed by atoms with van der Waals surface area (Å²) < 4.78 is 0. The Morgan fingerprint density at radius 3 is 2.53 bits per heavy atom. The van der Waals surface area contributed by atoms with Gasteiger partial charge in [0.1, 0.15) is 0 Å². The molecule has 1 saturated carbocycles. The van der Waals surface area contributed by atoms with Crippen molar-refractivity contribution >= 4 is 0 Å². The smallest absolute Gasteiger partial charge is 0.00585 e. The maximum absolute atomic E-state index is 4.05. The summed E-state index contributed by atoms with van der Waals surface area (Å²) in [7, 11) is 0. The molecule has 106 valence electrons. The molecule has 0 nitrogen and oxygen atoms in total. The van der Waals surface area contributed by atoms with Crippen molar-refractivity contribution in [2.24, 2.45) is 16.7 Å². The molecule has 0 N–H and O–H groups in total. The number of hydrogen-bond acceptors (Lipinski definition) is 0. The van der Waals surface area contributed by atoms with Crippen LogP contribution in [0, 0.1) is 16.7 Å². The van der Waals surface area contributed by atoms with Crippen molar-refractivity contribution in [3.8, 4) is 0 Å². The fourth-order valence-corrected chi connectivity index (χ4v) is 3.82. The van der Waals surface area contributed by atoms with E-state index in [1.165, 1.54) is 44.9 Å². The fourth-order valence-electron chi connectivity index (χ4n) is 3.82. The summed E-state index contributed by atoms with van der Waals surface area (Å²) >= 11 is 0. The Balaban J connectivity index is 2.13. The monoisotopic (exact) mass is 258 g/mol. The van der Waals surface area contributed by atoms with Gasteiger partial charge in [-0.05, 0) is 43.4 Å². The molecule has 2 aliphatic carbocycles. The molecule has 0 heterocycles. The van der Waals surface area contributed by atoms with Gasteiger partial charge in [-0.1, -0.05) is 63.5 Å². The number of allylic oxidation sites excluding steroid dienone is 5. The second-order valence-electron chi connectivity index (χ2n) is 6.81. The van der Waals surface area contributed by atoms with Crippen LogP contribution in [0.1, 0.15) is 65.7 Å². The summed E-state index contributed by atoms with van der Waals surface area (Å²) in [6.07, 6.45) is 18.7. The molecule has 19 heavy (non-hydrogen) atoms. The molecule has 2 rings (SSSR count). The Morgan fingerprint density at radius 1 is 1.32 bits per heavy atom. The third-order valence-corrected chi connectivity index (χ3v) is 5.52. The van der Waals surface area contributed by atoms with Crippen molar-refractivity contribution in [2.45, 2.75) is 65.7 Å². The van der Waals surface area contributed by atoms with Gasteiger partial charge in [-0.3, -0.25) is 0 Å². The lowest BCUT2D eigenvalue weighted by Crippen LogP contribution is -2.27. The molecule has 0 amide bonds. The largest absolute Gasteiger partial charge is 0.102 e. The van der Waals surface area contributed by atoms with E-state index >= 15 is 0 Å². The van der Waals surface area contributed by atoms with E-state index in [1.54, 1.807) is 5.57 Å². The highest BCUT2D eigenvalue weighted by Crippen LogP contribution is 2.50. The number of hydrogen-bond donors (Lipinski definition) is 0. The topological polar surface area (TPSA) is 0 Å². The first-order valence-electron chi connectivity index (χ1n) is 8.12. The van der Waals surface area contributed by atoms with Crippen LogP contribution in [0.2, 0.25) is 0 Å². The van der Waals surface area contributed by atoms with Crippen LogP contribution in [-0.2, 0) is 0 Å². The summed E-state index contributed by atoms with van der Waals surface area (Å²) in [4.78, 5) is 0. The average Bonchev–Trinajstić information content (AvgIpc) is 2.67. The zero-order valence-electron chi connectivity index (χ0n) is 13.0. The van der Waals surface area contributed by atoms with Gasteiger partial charge in [0.15, 0.2) is 0 Å². The zero-order chi connectivity index (χ0) is 13.9. The van der Waals surface area contributed by atoms with E-state index < -0.39 is 0 Å². The van der Waals surface area contributed by atoms with Crippen LogP contribution in [0.5, 0.6) is 0 Å². The maximum atomic E-state index is 4.05. The first kappa shape index (κ1) is 14.6. The highest BCUT2D eigenvalue weighted by atomic mass is 14.4. The van der Waals surface area contributed by atoms with E-state index in [2.05, 4.69) is 51.7 Å². The van der Waals surface area contributed by atoms with Crippen molar-refractivity contribution in [3.05, 3.63) is 36.5 Å². The first-order chi connectivity index (χ1) is 9.09. The van der Waals surface area contributed by atoms with Gasteiger partial charge in [-0.2, -0.15) is 0 Å². The van der Waals surface area contributed by atoms with Crippen LogP contribution < -0.4 is 0 Å². The second kappa shape index (κ2) is 5.69. The highest BCUT2D eigenvalue weighted by molar-refractivity contribution is 5.26. The SMILES string of the molecule is C=CC1(/C=C\C2(C)CC=C(CC)C2CCC)CCC1. The zero-order valence-corrected chi connectivity index (χ0v) is 13.0. The number of rotatable bonds is 6. The van der Waals surface area contributed by atoms with Crippen LogP contribution in [0.25, 0.3) is 0 Å². The second-order valence-corrected chi connectivity index (χ2v) is 6.81. The summed E-state index contributed by atoms with van der Waals surface area (Å²) in [6, 6.07) is 0. The quantitative estimate of drug-likeness (QED) is 0.508. The molecule has 0 saturated heterocycles. The van der Waals surface area contributed by atoms with Gasteiger partial charge in [0.25, 0.3) is 0 Å². The minimum atomic E-state index is 0.328. The maximum Gasteiger partial charge on any atom is 0.00585 e. The Morgan fingerprint density at radius 2 is 2.05 bits per heavy atom. The van der Waals surface area contributed by atoms with Crippen LogP contribution in [-0.4, -0.2) is 0 Å². The summed E-state index contributed by atoms with van der Waals surface area (Å²) in [5.74, 6) is 0.765. The lowest BCUT2D eigenvalue weighted by Gasteiger charge is -2.38. The van der Waals surface area contributed by atoms with Gasteiger partial charge < -0.3 is 0 Å². The molecule has 0 aromatic rings. The predicted octanol–water partition coefficient (Wildman–Crippen LogP) is 6.06. The van der Waals surface area contributed by atoms with Crippen molar-refractivity contribution < 1.29 is 0 Å². The van der Waals surface area contributed by atoms with Crippen LogP contribution in [0.3, 0.4) is 0 Å². The van der Waals surface area contributed by atoms with E-state index in [0.29, 0.717) is 10.8 Å². The minimum absolute atomic E-state index is 0.328. The van der Waals surface area contributed by atoms with Gasteiger partial charge in [0.05, 0.1) is 0 Å². The molecule has 0 aromatic carbocycles. The van der Waals surface area contributed by atoms with Crippen molar-refractivity contribution in [2.75, 3.05) is 0 Å².